The number of fused-ring (bicyclic) bond motifs is 3. The van der Waals surface area contributed by atoms with Gasteiger partial charge in [-0.15, -0.1) is 0 Å². The second-order valence-electron chi connectivity index (χ2n) is 10.0. The highest BCUT2D eigenvalue weighted by atomic mass is 35.5. The van der Waals surface area contributed by atoms with Gasteiger partial charge in [0, 0.05) is 59.5 Å². The number of hydrogen-bond donors (Lipinski definition) is 1. The van der Waals surface area contributed by atoms with E-state index in [1.165, 1.54) is 0 Å². The highest BCUT2D eigenvalue weighted by Crippen LogP contribution is 2.38. The number of nitrogens with two attached hydrogens (primary N) is 1. The van der Waals surface area contributed by atoms with Gasteiger partial charge in [-0.3, -0.25) is 14.5 Å². The first kappa shape index (κ1) is 22.7. The van der Waals surface area contributed by atoms with Crippen LogP contribution >= 0.6 is 23.2 Å². The molecule has 8 nitrogen and oxygen atoms in total. The number of carbonyl (C=O) groups excluding carboxylic acids is 1. The summed E-state index contributed by atoms with van der Waals surface area (Å²) in [5, 5.41) is 6.61. The summed E-state index contributed by atoms with van der Waals surface area (Å²) in [6.45, 7) is 3.27. The first-order chi connectivity index (χ1) is 17.8. The van der Waals surface area contributed by atoms with Crippen LogP contribution in [0.5, 0.6) is 0 Å². The van der Waals surface area contributed by atoms with Gasteiger partial charge in [0.2, 0.25) is 5.91 Å². The molecule has 1 saturated heterocycles. The van der Waals surface area contributed by atoms with E-state index < -0.39 is 5.54 Å². The number of aryl methyl sites for hydroxylation is 1. The highest BCUT2D eigenvalue weighted by molar-refractivity contribution is 6.39. The zero-order chi connectivity index (χ0) is 25.5. The van der Waals surface area contributed by atoms with Crippen LogP contribution in [0.3, 0.4) is 0 Å². The van der Waals surface area contributed by atoms with Crippen molar-refractivity contribution in [3.8, 4) is 22.4 Å². The number of likely N-dealkylation sites (tertiary alicyclic amines) is 1. The quantitative estimate of drug-likeness (QED) is 0.355. The van der Waals surface area contributed by atoms with E-state index in [2.05, 4.69) is 11.2 Å². The molecule has 1 aliphatic carbocycles. The van der Waals surface area contributed by atoms with Crippen molar-refractivity contribution in [3.05, 3.63) is 70.9 Å². The van der Waals surface area contributed by atoms with Crippen molar-refractivity contribution >= 4 is 45.7 Å². The molecule has 10 heteroatoms. The second kappa shape index (κ2) is 8.02. The number of nitrogens with zero attached hydrogens (tertiary/aromatic N) is 6. The molecule has 0 atom stereocenters. The summed E-state index contributed by atoms with van der Waals surface area (Å²) in [4.78, 5) is 23.9. The lowest BCUT2D eigenvalue weighted by molar-refractivity contribution is -0.139. The fraction of sp³-hybridized carbons (Fsp3) is 0.259. The number of rotatable bonds is 4. The summed E-state index contributed by atoms with van der Waals surface area (Å²) in [5.41, 5.74) is 11.4. The molecule has 5 heterocycles. The molecule has 4 aromatic heterocycles. The molecule has 2 fully saturated rings. The van der Waals surface area contributed by atoms with Crippen molar-refractivity contribution in [1.29, 1.82) is 0 Å². The summed E-state index contributed by atoms with van der Waals surface area (Å²) >= 11 is 13.0. The molecule has 7 rings (SSSR count). The van der Waals surface area contributed by atoms with E-state index in [4.69, 9.17) is 38.9 Å². The van der Waals surface area contributed by atoms with Gasteiger partial charge >= 0.3 is 0 Å². The Labute approximate surface area is 222 Å². The van der Waals surface area contributed by atoms with Gasteiger partial charge in [0.05, 0.1) is 39.0 Å². The maximum absolute atomic E-state index is 12.4. The third-order valence-corrected chi connectivity index (χ3v) is 8.19. The van der Waals surface area contributed by atoms with Crippen LogP contribution in [0, 0.1) is 6.92 Å². The zero-order valence-corrected chi connectivity index (χ0v) is 21.5. The number of halogens is 2. The number of amides is 1. The van der Waals surface area contributed by atoms with E-state index in [0.717, 1.165) is 57.5 Å². The maximum Gasteiger partial charge on any atom is 0.242 e. The normalized spacial score (nSPS) is 16.9. The molecule has 0 bridgehead atoms. The Morgan fingerprint density at radius 1 is 1.11 bits per heavy atom. The standard InChI is InChI=1S/C27H23Cl2N7O/c1-15-24(23-20(28)3-2-4-21(23)29)33-25-19-9-16(10-31-22(19)5-8-35(15)25)17-11-32-36(12-17)18-13-34(14-18)26(37)27(30)6-7-27/h2-5,8-12,18H,6-7,13-14,30H2,1H3. The van der Waals surface area contributed by atoms with E-state index in [1.54, 1.807) is 0 Å². The monoisotopic (exact) mass is 531 g/mol. The van der Waals surface area contributed by atoms with Gasteiger partial charge in [-0.1, -0.05) is 29.3 Å². The molecule has 1 amide bonds. The molecule has 186 valence electrons. The zero-order valence-electron chi connectivity index (χ0n) is 20.0. The van der Waals surface area contributed by atoms with Crippen molar-refractivity contribution in [1.82, 2.24) is 29.0 Å². The van der Waals surface area contributed by atoms with Crippen molar-refractivity contribution in [3.63, 3.8) is 0 Å². The molecule has 0 spiro atoms. The largest absolute Gasteiger partial charge is 0.337 e. The van der Waals surface area contributed by atoms with Crippen LogP contribution in [0.15, 0.2) is 55.1 Å². The van der Waals surface area contributed by atoms with Gasteiger partial charge in [0.15, 0.2) is 0 Å². The Hall–Kier alpha value is -3.46. The van der Waals surface area contributed by atoms with E-state index >= 15 is 0 Å². The average molecular weight is 532 g/mol. The first-order valence-corrected chi connectivity index (χ1v) is 12.9. The number of pyridine rings is 2. The number of imidazole rings is 1. The van der Waals surface area contributed by atoms with Crippen molar-refractivity contribution in [2.75, 3.05) is 13.1 Å². The van der Waals surface area contributed by atoms with Crippen LogP contribution in [0.25, 0.3) is 38.9 Å². The van der Waals surface area contributed by atoms with E-state index in [-0.39, 0.29) is 11.9 Å². The lowest BCUT2D eigenvalue weighted by atomic mass is 10.1. The van der Waals surface area contributed by atoms with Gasteiger partial charge in [-0.25, -0.2) is 4.98 Å². The van der Waals surface area contributed by atoms with Crippen LogP contribution in [0.4, 0.5) is 0 Å². The van der Waals surface area contributed by atoms with Crippen LogP contribution in [-0.2, 0) is 4.79 Å². The van der Waals surface area contributed by atoms with Gasteiger partial charge in [-0.05, 0) is 44.0 Å². The Bertz CT molecular complexity index is 1710. The highest BCUT2D eigenvalue weighted by Gasteiger charge is 2.50. The van der Waals surface area contributed by atoms with E-state index in [0.29, 0.717) is 23.1 Å². The molecule has 5 aromatic rings. The SMILES string of the molecule is Cc1c(-c2c(Cl)cccc2Cl)nc2c3cc(-c4cnn(C5CN(C(=O)C6(N)CC6)C5)c4)cnc3ccn12. The lowest BCUT2D eigenvalue weighted by Crippen LogP contribution is -2.56. The summed E-state index contributed by atoms with van der Waals surface area (Å²) in [7, 11) is 0. The molecule has 1 saturated carbocycles. The minimum absolute atomic E-state index is 0.0614. The Morgan fingerprint density at radius 3 is 2.59 bits per heavy atom. The smallest absolute Gasteiger partial charge is 0.242 e. The molecule has 37 heavy (non-hydrogen) atoms. The topological polar surface area (TPSA) is 94.3 Å². The van der Waals surface area contributed by atoms with Crippen LogP contribution in [0.1, 0.15) is 24.6 Å². The summed E-state index contributed by atoms with van der Waals surface area (Å²) in [6.07, 6.45) is 9.23. The van der Waals surface area contributed by atoms with Crippen molar-refractivity contribution in [2.24, 2.45) is 5.73 Å². The molecule has 2 N–H and O–H groups in total. The van der Waals surface area contributed by atoms with E-state index in [1.807, 2.05) is 70.0 Å². The van der Waals surface area contributed by atoms with Crippen LogP contribution in [-0.4, -0.2) is 53.6 Å². The molecule has 1 aromatic carbocycles. The molecule has 2 aliphatic rings. The average Bonchev–Trinajstić information content (AvgIpc) is 3.28. The van der Waals surface area contributed by atoms with Gasteiger partial charge in [0.25, 0.3) is 0 Å². The maximum atomic E-state index is 12.4. The molecular weight excluding hydrogens is 509 g/mol. The predicted octanol–water partition coefficient (Wildman–Crippen LogP) is 4.90. The first-order valence-electron chi connectivity index (χ1n) is 12.2. The number of benzene rings is 1. The minimum atomic E-state index is -0.620. The van der Waals surface area contributed by atoms with Gasteiger partial charge < -0.3 is 15.0 Å². The lowest BCUT2D eigenvalue weighted by Gasteiger charge is -2.40. The van der Waals surface area contributed by atoms with Crippen molar-refractivity contribution in [2.45, 2.75) is 31.3 Å². The Balaban J connectivity index is 1.23. The van der Waals surface area contributed by atoms with Crippen LogP contribution in [0.2, 0.25) is 10.0 Å². The fourth-order valence-electron chi connectivity index (χ4n) is 5.08. The molecule has 0 radical (unpaired) electrons. The Morgan fingerprint density at radius 2 is 1.86 bits per heavy atom. The molecular formula is C27H23Cl2N7O. The predicted molar refractivity (Wildman–Crippen MR) is 144 cm³/mol. The second-order valence-corrected chi connectivity index (χ2v) is 10.9. The fourth-order valence-corrected chi connectivity index (χ4v) is 5.65. The minimum Gasteiger partial charge on any atom is -0.337 e. The molecule has 1 aliphatic heterocycles. The van der Waals surface area contributed by atoms with Crippen molar-refractivity contribution < 1.29 is 4.79 Å². The summed E-state index contributed by atoms with van der Waals surface area (Å²) in [5.74, 6) is 0.0614. The van der Waals surface area contributed by atoms with Gasteiger partial charge in [0.1, 0.15) is 5.65 Å². The molecule has 0 unspecified atom stereocenters. The number of hydrogen-bond acceptors (Lipinski definition) is 5. The van der Waals surface area contributed by atoms with E-state index in [9.17, 15) is 4.79 Å². The number of carbonyl (C=O) groups is 1. The summed E-state index contributed by atoms with van der Waals surface area (Å²) < 4.78 is 3.97. The third-order valence-electron chi connectivity index (χ3n) is 7.56. The number of aromatic nitrogens is 5. The summed E-state index contributed by atoms with van der Waals surface area (Å²) in [6, 6.07) is 9.68. The van der Waals surface area contributed by atoms with Crippen LogP contribution < -0.4 is 5.73 Å². The van der Waals surface area contributed by atoms with Gasteiger partial charge in [-0.2, -0.15) is 5.10 Å². The third kappa shape index (κ3) is 3.54. The Kier molecular flexibility index (Phi) is 4.92.